The number of ketones is 1. The quantitative estimate of drug-likeness (QED) is 0.261. The van der Waals surface area contributed by atoms with Crippen LogP contribution in [0.4, 0.5) is 11.4 Å². The Balaban J connectivity index is 1.67. The smallest absolute Gasteiger partial charge is 0.267 e. The van der Waals surface area contributed by atoms with Gasteiger partial charge in [0, 0.05) is 37.7 Å². The van der Waals surface area contributed by atoms with E-state index in [9.17, 15) is 9.59 Å². The number of hydrogen-bond acceptors (Lipinski definition) is 5. The molecule has 162 valence electrons. The highest BCUT2D eigenvalue weighted by molar-refractivity contribution is 9.10. The van der Waals surface area contributed by atoms with Crippen molar-refractivity contribution < 1.29 is 9.59 Å². The molecule has 0 fully saturated rings. The molecule has 0 bridgehead atoms. The van der Waals surface area contributed by atoms with Crippen molar-refractivity contribution in [2.75, 3.05) is 11.1 Å². The molecule has 0 atom stereocenters. The van der Waals surface area contributed by atoms with Crippen LogP contribution in [0.1, 0.15) is 36.9 Å². The van der Waals surface area contributed by atoms with Gasteiger partial charge in [-0.2, -0.15) is 0 Å². The molecule has 1 amide bonds. The maximum Gasteiger partial charge on any atom is 0.267 e. The van der Waals surface area contributed by atoms with Crippen molar-refractivity contribution in [2.24, 2.45) is 0 Å². The predicted octanol–water partition coefficient (Wildman–Crippen LogP) is 6.70. The Labute approximate surface area is 206 Å². The number of aryl methyl sites for hydroxylation is 2. The van der Waals surface area contributed by atoms with Crippen LogP contribution in [-0.2, 0) is 6.42 Å². The number of anilines is 2. The summed E-state index contributed by atoms with van der Waals surface area (Å²) in [6, 6.07) is 14.6. The van der Waals surface area contributed by atoms with Crippen molar-refractivity contribution in [2.45, 2.75) is 20.3 Å². The first-order valence-electron chi connectivity index (χ1n) is 9.78. The van der Waals surface area contributed by atoms with Crippen molar-refractivity contribution in [1.29, 1.82) is 0 Å². The molecule has 0 aliphatic heterocycles. The molecule has 32 heavy (non-hydrogen) atoms. The molecule has 0 aliphatic carbocycles. The number of halogens is 2. The third-order valence-corrected chi connectivity index (χ3v) is 7.43. The first-order valence-corrected chi connectivity index (χ1v) is 12.2. The molecule has 3 N–H and O–H groups in total. The summed E-state index contributed by atoms with van der Waals surface area (Å²) < 4.78 is 1.85. The van der Waals surface area contributed by atoms with Crippen LogP contribution in [-0.4, -0.2) is 16.7 Å². The standard InChI is InChI=1S/C24H19Br2N3O2S/c1-12-18(11-19(30)14-3-5-15(25)6-4-14)13(2)28-24-20(12)21(27)22(32-24)23(31)29-17-9-7-16(26)8-10-17/h3-10H,11,27H2,1-2H3,(H,29,31). The zero-order chi connectivity index (χ0) is 23.0. The van der Waals surface area contributed by atoms with Crippen LogP contribution in [0.15, 0.2) is 57.5 Å². The Morgan fingerprint density at radius 2 is 1.59 bits per heavy atom. The fraction of sp³-hybridized carbons (Fsp3) is 0.125. The fourth-order valence-corrected chi connectivity index (χ4v) is 5.19. The van der Waals surface area contributed by atoms with Crippen LogP contribution < -0.4 is 11.1 Å². The van der Waals surface area contributed by atoms with E-state index in [1.165, 1.54) is 11.3 Å². The summed E-state index contributed by atoms with van der Waals surface area (Å²) in [5, 5.41) is 3.62. The van der Waals surface area contributed by atoms with Crippen molar-refractivity contribution >= 4 is 76.5 Å². The second-order valence-electron chi connectivity index (χ2n) is 7.39. The molecule has 0 saturated heterocycles. The van der Waals surface area contributed by atoms with Gasteiger partial charge >= 0.3 is 0 Å². The van der Waals surface area contributed by atoms with E-state index in [0.717, 1.165) is 31.2 Å². The second kappa shape index (κ2) is 9.13. The Hall–Kier alpha value is -2.55. The zero-order valence-electron chi connectivity index (χ0n) is 17.3. The molecule has 5 nitrogen and oxygen atoms in total. The van der Waals surface area contributed by atoms with E-state index in [-0.39, 0.29) is 18.1 Å². The molecule has 0 unspecified atom stereocenters. The molecule has 0 spiro atoms. The molecule has 8 heteroatoms. The normalized spacial score (nSPS) is 11.0. The molecular formula is C24H19Br2N3O2S. The van der Waals surface area contributed by atoms with Crippen molar-refractivity contribution in [3.63, 3.8) is 0 Å². The van der Waals surface area contributed by atoms with Gasteiger partial charge in [0.1, 0.15) is 9.71 Å². The van der Waals surface area contributed by atoms with Crippen LogP contribution in [0.25, 0.3) is 10.2 Å². The largest absolute Gasteiger partial charge is 0.397 e. The van der Waals surface area contributed by atoms with Gasteiger partial charge in [0.2, 0.25) is 0 Å². The number of nitrogens with zero attached hydrogens (tertiary/aromatic N) is 1. The van der Waals surface area contributed by atoms with Crippen LogP contribution in [0.2, 0.25) is 0 Å². The van der Waals surface area contributed by atoms with Gasteiger partial charge in [0.15, 0.2) is 5.78 Å². The number of fused-ring (bicyclic) bond motifs is 1. The van der Waals surface area contributed by atoms with Gasteiger partial charge in [0.25, 0.3) is 5.91 Å². The molecule has 2 aromatic heterocycles. The minimum absolute atomic E-state index is 0.00635. The fourth-order valence-electron chi connectivity index (χ4n) is 3.56. The van der Waals surface area contributed by atoms with E-state index in [0.29, 0.717) is 26.6 Å². The number of hydrogen-bond donors (Lipinski definition) is 2. The van der Waals surface area contributed by atoms with E-state index >= 15 is 0 Å². The number of pyridine rings is 1. The summed E-state index contributed by atoms with van der Waals surface area (Å²) >= 11 is 8.03. The summed E-state index contributed by atoms with van der Waals surface area (Å²) in [6.45, 7) is 3.81. The van der Waals surface area contributed by atoms with E-state index < -0.39 is 0 Å². The second-order valence-corrected chi connectivity index (χ2v) is 10.2. The molecule has 0 aliphatic rings. The van der Waals surface area contributed by atoms with Crippen LogP contribution in [0.3, 0.4) is 0 Å². The van der Waals surface area contributed by atoms with Gasteiger partial charge in [-0.3, -0.25) is 9.59 Å². The number of nitrogens with two attached hydrogens (primary N) is 1. The van der Waals surface area contributed by atoms with E-state index in [1.807, 2.05) is 50.2 Å². The topological polar surface area (TPSA) is 85.1 Å². The number of benzene rings is 2. The minimum Gasteiger partial charge on any atom is -0.397 e. The number of nitrogens with one attached hydrogen (secondary N) is 1. The molecule has 2 heterocycles. The van der Waals surface area contributed by atoms with E-state index in [1.54, 1.807) is 12.1 Å². The Bertz CT molecular complexity index is 1350. The summed E-state index contributed by atoms with van der Waals surface area (Å²) in [4.78, 5) is 31.5. The monoisotopic (exact) mass is 571 g/mol. The molecule has 4 rings (SSSR count). The van der Waals surface area contributed by atoms with Gasteiger partial charge in [-0.1, -0.05) is 44.0 Å². The molecule has 0 saturated carbocycles. The Morgan fingerprint density at radius 1 is 1.00 bits per heavy atom. The minimum atomic E-state index is -0.280. The lowest BCUT2D eigenvalue weighted by molar-refractivity contribution is 0.0990. The highest BCUT2D eigenvalue weighted by atomic mass is 79.9. The van der Waals surface area contributed by atoms with E-state index in [2.05, 4.69) is 42.2 Å². The van der Waals surface area contributed by atoms with E-state index in [4.69, 9.17) is 5.73 Å². The van der Waals surface area contributed by atoms with Gasteiger partial charge in [0.05, 0.1) is 5.69 Å². The number of aromatic nitrogens is 1. The van der Waals surface area contributed by atoms with Crippen LogP contribution in [0, 0.1) is 13.8 Å². The lowest BCUT2D eigenvalue weighted by atomic mass is 9.96. The maximum absolute atomic E-state index is 12.9. The summed E-state index contributed by atoms with van der Waals surface area (Å²) in [5.74, 6) is -0.274. The SMILES string of the molecule is Cc1nc2sc(C(=O)Nc3ccc(Br)cc3)c(N)c2c(C)c1CC(=O)c1ccc(Br)cc1. The third-order valence-electron chi connectivity index (χ3n) is 5.27. The first-order chi connectivity index (χ1) is 15.2. The number of carbonyl (C=O) groups is 2. The highest BCUT2D eigenvalue weighted by Crippen LogP contribution is 2.37. The van der Waals surface area contributed by atoms with Gasteiger partial charge in [-0.15, -0.1) is 11.3 Å². The van der Waals surface area contributed by atoms with Crippen molar-refractivity contribution in [1.82, 2.24) is 4.98 Å². The zero-order valence-corrected chi connectivity index (χ0v) is 21.3. The first kappa shape index (κ1) is 22.6. The average molecular weight is 573 g/mol. The third kappa shape index (κ3) is 4.48. The lowest BCUT2D eigenvalue weighted by Crippen LogP contribution is -2.12. The summed E-state index contributed by atoms with van der Waals surface area (Å²) in [7, 11) is 0. The predicted molar refractivity (Wildman–Crippen MR) is 138 cm³/mol. The summed E-state index contributed by atoms with van der Waals surface area (Å²) in [5.41, 5.74) is 10.6. The van der Waals surface area contributed by atoms with Crippen molar-refractivity contribution in [3.8, 4) is 0 Å². The summed E-state index contributed by atoms with van der Waals surface area (Å²) in [6.07, 6.45) is 0.220. The van der Waals surface area contributed by atoms with Crippen molar-refractivity contribution in [3.05, 3.63) is 84.7 Å². The Kier molecular flexibility index (Phi) is 6.46. The van der Waals surface area contributed by atoms with Crippen LogP contribution >= 0.6 is 43.2 Å². The molecule has 0 radical (unpaired) electrons. The maximum atomic E-state index is 12.9. The number of rotatable bonds is 5. The van der Waals surface area contributed by atoms with Gasteiger partial charge in [-0.25, -0.2) is 4.98 Å². The lowest BCUT2D eigenvalue weighted by Gasteiger charge is -2.11. The molecular weight excluding hydrogens is 554 g/mol. The molecule has 2 aromatic carbocycles. The highest BCUT2D eigenvalue weighted by Gasteiger charge is 2.22. The number of amides is 1. The van der Waals surface area contributed by atoms with Crippen LogP contribution in [0.5, 0.6) is 0 Å². The number of carbonyl (C=O) groups excluding carboxylic acids is 2. The number of thiophene rings is 1. The Morgan fingerprint density at radius 3 is 2.22 bits per heavy atom. The molecule has 4 aromatic rings. The number of nitrogen functional groups attached to an aromatic ring is 1. The van der Waals surface area contributed by atoms with Gasteiger partial charge < -0.3 is 11.1 Å². The number of Topliss-reactive ketones (excluding diaryl/α,β-unsaturated/α-hetero) is 1. The average Bonchev–Trinajstić information content (AvgIpc) is 3.09. The van der Waals surface area contributed by atoms with Gasteiger partial charge in [-0.05, 0) is 61.4 Å².